The molecule has 1 N–H and O–H groups in total. The van der Waals surface area contributed by atoms with Crippen LogP contribution in [0.3, 0.4) is 0 Å². The minimum absolute atomic E-state index is 0.00452. The molecule has 2 aromatic rings. The minimum atomic E-state index is -0.292. The zero-order chi connectivity index (χ0) is 18.7. The van der Waals surface area contributed by atoms with E-state index in [-0.39, 0.29) is 24.2 Å². The van der Waals surface area contributed by atoms with Crippen LogP contribution >= 0.6 is 15.9 Å². The number of hydrogen-bond donors (Lipinski definition) is 1. The van der Waals surface area contributed by atoms with Gasteiger partial charge in [0.05, 0.1) is 11.6 Å². The number of nitrogens with zero attached hydrogens (tertiary/aromatic N) is 3. The van der Waals surface area contributed by atoms with E-state index in [0.717, 1.165) is 34.5 Å². The molecular formula is C19H23BrN4O2. The molecule has 0 unspecified atom stereocenters. The number of amides is 2. The van der Waals surface area contributed by atoms with Gasteiger partial charge < -0.3 is 10.2 Å². The summed E-state index contributed by atoms with van der Waals surface area (Å²) in [6, 6.07) is 9.61. The number of rotatable bonds is 6. The Morgan fingerprint density at radius 3 is 2.69 bits per heavy atom. The third kappa shape index (κ3) is 4.33. The normalized spacial score (nSPS) is 17.0. The van der Waals surface area contributed by atoms with Crippen molar-refractivity contribution >= 4 is 33.4 Å². The molecule has 1 aliphatic rings. The SMILES string of the molecule is Cc1cc(C)n(CCCNC(=O)[C@H]2CC(=O)N(c3ccc(Br)cc3)C2)n1. The van der Waals surface area contributed by atoms with Crippen molar-refractivity contribution in [3.05, 3.63) is 46.2 Å². The van der Waals surface area contributed by atoms with Crippen molar-refractivity contribution < 1.29 is 9.59 Å². The van der Waals surface area contributed by atoms with Crippen molar-refractivity contribution in [2.45, 2.75) is 33.2 Å². The molecule has 3 rings (SSSR count). The average molecular weight is 419 g/mol. The largest absolute Gasteiger partial charge is 0.356 e. The zero-order valence-electron chi connectivity index (χ0n) is 15.0. The molecule has 0 bridgehead atoms. The van der Waals surface area contributed by atoms with Gasteiger partial charge in [-0.05, 0) is 50.6 Å². The Kier molecular flexibility index (Phi) is 5.76. The summed E-state index contributed by atoms with van der Waals surface area (Å²) < 4.78 is 2.92. The van der Waals surface area contributed by atoms with E-state index in [1.165, 1.54) is 0 Å². The van der Waals surface area contributed by atoms with E-state index in [9.17, 15) is 9.59 Å². The summed E-state index contributed by atoms with van der Waals surface area (Å²) in [5, 5.41) is 7.37. The van der Waals surface area contributed by atoms with Gasteiger partial charge in [0.2, 0.25) is 11.8 Å². The zero-order valence-corrected chi connectivity index (χ0v) is 16.6. The minimum Gasteiger partial charge on any atom is -0.356 e. The summed E-state index contributed by atoms with van der Waals surface area (Å²) >= 11 is 3.39. The fraction of sp³-hybridized carbons (Fsp3) is 0.421. The van der Waals surface area contributed by atoms with Crippen molar-refractivity contribution in [3.8, 4) is 0 Å². The molecule has 0 aliphatic carbocycles. The van der Waals surface area contributed by atoms with Crippen molar-refractivity contribution in [2.75, 3.05) is 18.0 Å². The first kappa shape index (κ1) is 18.6. The van der Waals surface area contributed by atoms with E-state index >= 15 is 0 Å². The first-order valence-corrected chi connectivity index (χ1v) is 9.58. The van der Waals surface area contributed by atoms with Crippen molar-refractivity contribution in [2.24, 2.45) is 5.92 Å². The molecule has 2 amide bonds. The molecule has 6 nitrogen and oxygen atoms in total. The Bertz CT molecular complexity index is 800. The van der Waals surface area contributed by atoms with E-state index in [0.29, 0.717) is 13.1 Å². The van der Waals surface area contributed by atoms with Gasteiger partial charge in [-0.2, -0.15) is 5.10 Å². The molecule has 1 aliphatic heterocycles. The summed E-state index contributed by atoms with van der Waals surface area (Å²) in [5.74, 6) is -0.346. The summed E-state index contributed by atoms with van der Waals surface area (Å²) in [4.78, 5) is 26.3. The first-order valence-electron chi connectivity index (χ1n) is 8.79. The van der Waals surface area contributed by atoms with Crippen LogP contribution in [0, 0.1) is 19.8 Å². The average Bonchev–Trinajstić information content (AvgIpc) is 3.14. The second kappa shape index (κ2) is 8.03. The van der Waals surface area contributed by atoms with Crippen LogP contribution in [0.2, 0.25) is 0 Å². The van der Waals surface area contributed by atoms with Crippen LogP contribution in [0.4, 0.5) is 5.69 Å². The van der Waals surface area contributed by atoms with Gasteiger partial charge in [0.15, 0.2) is 0 Å². The molecule has 0 saturated carbocycles. The molecule has 2 heterocycles. The standard InChI is InChI=1S/C19H23BrN4O2/c1-13-10-14(2)24(22-13)9-3-8-21-19(26)15-11-18(25)23(12-15)17-6-4-16(20)5-7-17/h4-7,10,15H,3,8-9,11-12H2,1-2H3,(H,21,26)/t15-/m0/s1. The predicted molar refractivity (Wildman–Crippen MR) is 104 cm³/mol. The van der Waals surface area contributed by atoms with Gasteiger partial charge >= 0.3 is 0 Å². The van der Waals surface area contributed by atoms with Gasteiger partial charge in [0.25, 0.3) is 0 Å². The van der Waals surface area contributed by atoms with Crippen LogP contribution in [0.5, 0.6) is 0 Å². The maximum atomic E-state index is 12.4. The third-order valence-electron chi connectivity index (χ3n) is 4.58. The lowest BCUT2D eigenvalue weighted by atomic mass is 10.1. The topological polar surface area (TPSA) is 67.2 Å². The fourth-order valence-electron chi connectivity index (χ4n) is 3.24. The summed E-state index contributed by atoms with van der Waals surface area (Å²) in [7, 11) is 0. The van der Waals surface area contributed by atoms with Gasteiger partial charge in [0.1, 0.15) is 0 Å². The lowest BCUT2D eigenvalue weighted by Crippen LogP contribution is -2.33. The van der Waals surface area contributed by atoms with E-state index in [4.69, 9.17) is 0 Å². The molecule has 0 spiro atoms. The van der Waals surface area contributed by atoms with Gasteiger partial charge in [0, 0.05) is 41.9 Å². The fourth-order valence-corrected chi connectivity index (χ4v) is 3.50. The van der Waals surface area contributed by atoms with Crippen molar-refractivity contribution in [3.63, 3.8) is 0 Å². The monoisotopic (exact) mass is 418 g/mol. The van der Waals surface area contributed by atoms with E-state index < -0.39 is 0 Å². The third-order valence-corrected chi connectivity index (χ3v) is 5.11. The van der Waals surface area contributed by atoms with Crippen LogP contribution in [0.1, 0.15) is 24.2 Å². The Hall–Kier alpha value is -2.15. The number of aromatic nitrogens is 2. The molecule has 26 heavy (non-hydrogen) atoms. The van der Waals surface area contributed by atoms with Crippen LogP contribution < -0.4 is 10.2 Å². The molecule has 1 atom stereocenters. The van der Waals surface area contributed by atoms with Gasteiger partial charge in [-0.1, -0.05) is 15.9 Å². The lowest BCUT2D eigenvalue weighted by molar-refractivity contribution is -0.126. The molecule has 1 aromatic heterocycles. The van der Waals surface area contributed by atoms with E-state index in [2.05, 4.69) is 26.3 Å². The Morgan fingerprint density at radius 2 is 2.04 bits per heavy atom. The summed E-state index contributed by atoms with van der Waals surface area (Å²) in [6.45, 7) is 5.79. The Morgan fingerprint density at radius 1 is 1.31 bits per heavy atom. The van der Waals surface area contributed by atoms with E-state index in [1.807, 2.05) is 48.9 Å². The maximum absolute atomic E-state index is 12.4. The maximum Gasteiger partial charge on any atom is 0.227 e. The highest BCUT2D eigenvalue weighted by Crippen LogP contribution is 2.26. The predicted octanol–water partition coefficient (Wildman–Crippen LogP) is 2.82. The lowest BCUT2D eigenvalue weighted by Gasteiger charge is -2.16. The number of benzene rings is 1. The molecule has 0 radical (unpaired) electrons. The number of carbonyl (C=O) groups excluding carboxylic acids is 2. The number of nitrogens with one attached hydrogen (secondary N) is 1. The van der Waals surface area contributed by atoms with Crippen LogP contribution in [0.25, 0.3) is 0 Å². The summed E-state index contributed by atoms with van der Waals surface area (Å²) in [5.41, 5.74) is 2.96. The molecular weight excluding hydrogens is 396 g/mol. The second-order valence-electron chi connectivity index (χ2n) is 6.68. The number of anilines is 1. The Balaban J connectivity index is 1.47. The molecule has 138 valence electrons. The van der Waals surface area contributed by atoms with Crippen LogP contribution in [0.15, 0.2) is 34.8 Å². The van der Waals surface area contributed by atoms with Crippen molar-refractivity contribution in [1.82, 2.24) is 15.1 Å². The summed E-state index contributed by atoms with van der Waals surface area (Å²) in [6.07, 6.45) is 1.07. The molecule has 7 heteroatoms. The molecule has 1 aromatic carbocycles. The first-order chi connectivity index (χ1) is 12.4. The molecule has 1 saturated heterocycles. The quantitative estimate of drug-likeness (QED) is 0.733. The Labute approximate surface area is 161 Å². The van der Waals surface area contributed by atoms with Gasteiger partial charge in [-0.15, -0.1) is 0 Å². The van der Waals surface area contributed by atoms with Gasteiger partial charge in [-0.3, -0.25) is 14.3 Å². The van der Waals surface area contributed by atoms with Crippen LogP contribution in [-0.2, 0) is 16.1 Å². The highest BCUT2D eigenvalue weighted by molar-refractivity contribution is 9.10. The highest BCUT2D eigenvalue weighted by Gasteiger charge is 2.34. The number of hydrogen-bond acceptors (Lipinski definition) is 3. The highest BCUT2D eigenvalue weighted by atomic mass is 79.9. The number of aryl methyl sites for hydroxylation is 3. The molecule has 1 fully saturated rings. The van der Waals surface area contributed by atoms with Crippen LogP contribution in [-0.4, -0.2) is 34.7 Å². The second-order valence-corrected chi connectivity index (χ2v) is 7.59. The number of halogens is 1. The van der Waals surface area contributed by atoms with E-state index in [1.54, 1.807) is 4.90 Å². The van der Waals surface area contributed by atoms with Gasteiger partial charge in [-0.25, -0.2) is 0 Å². The smallest absolute Gasteiger partial charge is 0.227 e. The van der Waals surface area contributed by atoms with Crippen molar-refractivity contribution in [1.29, 1.82) is 0 Å². The number of carbonyl (C=O) groups is 2.